The first-order valence-corrected chi connectivity index (χ1v) is 10.00. The van der Waals surface area contributed by atoms with Gasteiger partial charge < -0.3 is 19.5 Å². The summed E-state index contributed by atoms with van der Waals surface area (Å²) in [6, 6.07) is 20.3. The lowest BCUT2D eigenvalue weighted by atomic mass is 10.1. The second-order valence-electron chi connectivity index (χ2n) is 7.80. The Labute approximate surface area is 171 Å². The largest absolute Gasteiger partial charge is 0.461 e. The first-order chi connectivity index (χ1) is 14.0. The Morgan fingerprint density at radius 3 is 2.48 bits per heavy atom. The third-order valence-electron chi connectivity index (χ3n) is 5.60. The summed E-state index contributed by atoms with van der Waals surface area (Å²) in [5.74, 6) is 1.16. The van der Waals surface area contributed by atoms with Gasteiger partial charge >= 0.3 is 0 Å². The van der Waals surface area contributed by atoms with Crippen LogP contribution in [0.4, 0.5) is 11.4 Å². The molecule has 0 bridgehead atoms. The van der Waals surface area contributed by atoms with E-state index in [-0.39, 0.29) is 5.91 Å². The standard InChI is InChI=1S/C24H27N3O2/c1-17-22(15-23(29-17)18-7-5-4-6-8-18)24(28)25-19-9-11-20(12-10-19)27-14-13-21(16-27)26(2)3/h4-12,15,21H,13-14,16H2,1-3H3,(H,25,28). The van der Waals surface area contributed by atoms with E-state index in [2.05, 4.69) is 41.3 Å². The lowest BCUT2D eigenvalue weighted by Crippen LogP contribution is -2.31. The molecule has 0 radical (unpaired) electrons. The molecule has 0 saturated carbocycles. The van der Waals surface area contributed by atoms with E-state index < -0.39 is 0 Å². The number of likely N-dealkylation sites (N-methyl/N-ethyl adjacent to an activating group) is 1. The second kappa shape index (κ2) is 8.13. The van der Waals surface area contributed by atoms with Gasteiger partial charge in [-0.3, -0.25) is 4.79 Å². The summed E-state index contributed by atoms with van der Waals surface area (Å²) in [6.07, 6.45) is 1.18. The summed E-state index contributed by atoms with van der Waals surface area (Å²) in [6.45, 7) is 3.92. The number of anilines is 2. The highest BCUT2D eigenvalue weighted by Gasteiger charge is 2.24. The van der Waals surface area contributed by atoms with Gasteiger partial charge in [0.25, 0.3) is 5.91 Å². The Balaban J connectivity index is 1.43. The van der Waals surface area contributed by atoms with Crippen LogP contribution in [0.25, 0.3) is 11.3 Å². The van der Waals surface area contributed by atoms with Crippen LogP contribution >= 0.6 is 0 Å². The van der Waals surface area contributed by atoms with Gasteiger partial charge in [-0.2, -0.15) is 0 Å². The molecule has 1 atom stereocenters. The Bertz CT molecular complexity index is 977. The fraction of sp³-hybridized carbons (Fsp3) is 0.292. The van der Waals surface area contributed by atoms with Crippen molar-refractivity contribution >= 4 is 17.3 Å². The van der Waals surface area contributed by atoms with Crippen LogP contribution in [0.5, 0.6) is 0 Å². The average molecular weight is 389 g/mol. The lowest BCUT2D eigenvalue weighted by molar-refractivity contribution is 0.102. The van der Waals surface area contributed by atoms with E-state index in [0.717, 1.165) is 24.3 Å². The van der Waals surface area contributed by atoms with Gasteiger partial charge in [0, 0.05) is 36.1 Å². The maximum Gasteiger partial charge on any atom is 0.259 e. The monoisotopic (exact) mass is 389 g/mol. The van der Waals surface area contributed by atoms with E-state index in [9.17, 15) is 4.79 Å². The van der Waals surface area contributed by atoms with E-state index in [4.69, 9.17) is 4.42 Å². The Morgan fingerprint density at radius 2 is 1.83 bits per heavy atom. The number of rotatable bonds is 5. The number of carbonyl (C=O) groups is 1. The van der Waals surface area contributed by atoms with Gasteiger partial charge in [-0.25, -0.2) is 0 Å². The predicted octanol–water partition coefficient (Wildman–Crippen LogP) is 4.65. The smallest absolute Gasteiger partial charge is 0.259 e. The van der Waals surface area contributed by atoms with E-state index in [1.165, 1.54) is 12.1 Å². The lowest BCUT2D eigenvalue weighted by Gasteiger charge is -2.22. The van der Waals surface area contributed by atoms with Crippen molar-refractivity contribution in [3.05, 3.63) is 72.0 Å². The molecule has 29 heavy (non-hydrogen) atoms. The van der Waals surface area contributed by atoms with Crippen molar-refractivity contribution in [3.63, 3.8) is 0 Å². The Hall–Kier alpha value is -3.05. The molecule has 1 N–H and O–H groups in total. The number of nitrogens with one attached hydrogen (secondary N) is 1. The summed E-state index contributed by atoms with van der Waals surface area (Å²) in [5, 5.41) is 2.98. The number of amides is 1. The first kappa shape index (κ1) is 19.3. The number of nitrogens with zero attached hydrogens (tertiary/aromatic N) is 2. The van der Waals surface area contributed by atoms with Gasteiger partial charge in [-0.1, -0.05) is 30.3 Å². The number of aryl methyl sites for hydroxylation is 1. The molecule has 3 aromatic rings. The molecule has 5 heteroatoms. The molecule has 4 rings (SSSR count). The average Bonchev–Trinajstić information content (AvgIpc) is 3.37. The van der Waals surface area contributed by atoms with Crippen LogP contribution in [-0.4, -0.2) is 44.0 Å². The minimum Gasteiger partial charge on any atom is -0.461 e. The molecule has 1 aliphatic rings. The summed E-state index contributed by atoms with van der Waals surface area (Å²) >= 11 is 0. The van der Waals surface area contributed by atoms with Gasteiger partial charge in [-0.15, -0.1) is 0 Å². The zero-order valence-corrected chi connectivity index (χ0v) is 17.2. The normalized spacial score (nSPS) is 16.4. The SMILES string of the molecule is Cc1oc(-c2ccccc2)cc1C(=O)Nc1ccc(N2CCC(N(C)C)C2)cc1. The quantitative estimate of drug-likeness (QED) is 0.690. The number of benzene rings is 2. The van der Waals surface area contributed by atoms with E-state index in [0.29, 0.717) is 23.1 Å². The maximum absolute atomic E-state index is 12.8. The van der Waals surface area contributed by atoms with Gasteiger partial charge in [0.2, 0.25) is 0 Å². The van der Waals surface area contributed by atoms with Crippen LogP contribution in [0.3, 0.4) is 0 Å². The van der Waals surface area contributed by atoms with Crippen molar-refractivity contribution in [2.45, 2.75) is 19.4 Å². The molecule has 1 aromatic heterocycles. The zero-order valence-electron chi connectivity index (χ0n) is 17.2. The highest BCUT2D eigenvalue weighted by molar-refractivity contribution is 6.05. The van der Waals surface area contributed by atoms with Crippen LogP contribution < -0.4 is 10.2 Å². The molecule has 1 saturated heterocycles. The van der Waals surface area contributed by atoms with E-state index >= 15 is 0 Å². The van der Waals surface area contributed by atoms with Crippen molar-refractivity contribution in [2.24, 2.45) is 0 Å². The molecule has 2 aromatic carbocycles. The molecule has 0 spiro atoms. The molecule has 150 valence electrons. The van der Waals surface area contributed by atoms with Gasteiger partial charge in [0.15, 0.2) is 0 Å². The van der Waals surface area contributed by atoms with Crippen LogP contribution in [0.2, 0.25) is 0 Å². The fourth-order valence-corrected chi connectivity index (χ4v) is 3.80. The van der Waals surface area contributed by atoms with Gasteiger partial charge in [0.05, 0.1) is 5.56 Å². The van der Waals surface area contributed by atoms with Crippen LogP contribution in [0.15, 0.2) is 65.1 Å². The summed E-state index contributed by atoms with van der Waals surface area (Å²) in [5.41, 5.74) is 3.49. The number of carbonyl (C=O) groups excluding carboxylic acids is 1. The number of hydrogen-bond donors (Lipinski definition) is 1. The second-order valence-corrected chi connectivity index (χ2v) is 7.80. The van der Waals surface area contributed by atoms with E-state index in [1.807, 2.05) is 49.4 Å². The highest BCUT2D eigenvalue weighted by Crippen LogP contribution is 2.27. The third kappa shape index (κ3) is 4.20. The molecule has 2 heterocycles. The number of furan rings is 1. The van der Waals surface area contributed by atoms with Crippen molar-refractivity contribution < 1.29 is 9.21 Å². The highest BCUT2D eigenvalue weighted by atomic mass is 16.3. The van der Waals surface area contributed by atoms with Gasteiger partial charge in [0.1, 0.15) is 11.5 Å². The molecule has 0 aliphatic carbocycles. The molecule has 5 nitrogen and oxygen atoms in total. The third-order valence-corrected chi connectivity index (χ3v) is 5.60. The molecular weight excluding hydrogens is 362 g/mol. The van der Waals surface area contributed by atoms with Crippen LogP contribution in [0, 0.1) is 6.92 Å². The topological polar surface area (TPSA) is 48.7 Å². The van der Waals surface area contributed by atoms with Gasteiger partial charge in [-0.05, 0) is 57.8 Å². The summed E-state index contributed by atoms with van der Waals surface area (Å²) in [4.78, 5) is 17.4. The molecule has 1 fully saturated rings. The first-order valence-electron chi connectivity index (χ1n) is 10.00. The molecular formula is C24H27N3O2. The van der Waals surface area contributed by atoms with Crippen molar-refractivity contribution in [1.82, 2.24) is 4.90 Å². The van der Waals surface area contributed by atoms with Crippen molar-refractivity contribution in [1.29, 1.82) is 0 Å². The molecule has 1 amide bonds. The fourth-order valence-electron chi connectivity index (χ4n) is 3.80. The minimum absolute atomic E-state index is 0.157. The predicted molar refractivity (Wildman–Crippen MR) is 118 cm³/mol. The Morgan fingerprint density at radius 1 is 1.10 bits per heavy atom. The summed E-state index contributed by atoms with van der Waals surface area (Å²) < 4.78 is 5.80. The van der Waals surface area contributed by atoms with Crippen LogP contribution in [0.1, 0.15) is 22.5 Å². The Kier molecular flexibility index (Phi) is 5.41. The van der Waals surface area contributed by atoms with Crippen LogP contribution in [-0.2, 0) is 0 Å². The maximum atomic E-state index is 12.8. The number of hydrogen-bond acceptors (Lipinski definition) is 4. The molecule has 1 unspecified atom stereocenters. The minimum atomic E-state index is -0.157. The summed E-state index contributed by atoms with van der Waals surface area (Å²) in [7, 11) is 4.27. The van der Waals surface area contributed by atoms with E-state index in [1.54, 1.807) is 6.07 Å². The van der Waals surface area contributed by atoms with Crippen molar-refractivity contribution in [3.8, 4) is 11.3 Å². The van der Waals surface area contributed by atoms with Crippen molar-refractivity contribution in [2.75, 3.05) is 37.4 Å². The zero-order chi connectivity index (χ0) is 20.4. The molecule has 1 aliphatic heterocycles.